The molecule has 0 aromatic carbocycles. The summed E-state index contributed by atoms with van der Waals surface area (Å²) in [7, 11) is 1.61. The first-order valence-electron chi connectivity index (χ1n) is 6.82. The zero-order valence-corrected chi connectivity index (χ0v) is 12.4. The van der Waals surface area contributed by atoms with Crippen LogP contribution in [0.5, 0.6) is 5.88 Å². The molecule has 20 heavy (non-hydrogen) atoms. The van der Waals surface area contributed by atoms with Crippen LogP contribution in [0.15, 0.2) is 22.9 Å². The fraction of sp³-hybridized carbons (Fsp3) is 0.467. The first kappa shape index (κ1) is 14.5. The van der Waals surface area contributed by atoms with Gasteiger partial charge in [0.05, 0.1) is 13.2 Å². The number of ether oxygens (including phenoxy) is 1. The zero-order chi connectivity index (χ0) is 14.5. The summed E-state index contributed by atoms with van der Waals surface area (Å²) in [5.74, 6) is 2.33. The maximum Gasteiger partial charge on any atom is 0.237 e. The number of hydrogen-bond acceptors (Lipinski definition) is 5. The van der Waals surface area contributed by atoms with E-state index in [4.69, 9.17) is 9.15 Å². The number of furan rings is 1. The van der Waals surface area contributed by atoms with Crippen LogP contribution in [0.1, 0.15) is 42.2 Å². The Balaban J connectivity index is 2.44. The van der Waals surface area contributed by atoms with Gasteiger partial charge in [0.1, 0.15) is 17.2 Å². The van der Waals surface area contributed by atoms with Gasteiger partial charge >= 0.3 is 0 Å². The van der Waals surface area contributed by atoms with Crippen molar-refractivity contribution >= 4 is 0 Å². The van der Waals surface area contributed by atoms with Crippen molar-refractivity contribution in [3.8, 4) is 5.88 Å². The van der Waals surface area contributed by atoms with E-state index in [-0.39, 0.29) is 6.04 Å². The van der Waals surface area contributed by atoms with Gasteiger partial charge in [0.2, 0.25) is 5.88 Å². The highest BCUT2D eigenvalue weighted by molar-refractivity contribution is 5.35. The van der Waals surface area contributed by atoms with Gasteiger partial charge in [-0.25, -0.2) is 4.98 Å². The third kappa shape index (κ3) is 2.99. The minimum atomic E-state index is -0.0731. The largest absolute Gasteiger partial charge is 0.480 e. The van der Waals surface area contributed by atoms with Crippen LogP contribution in [0.25, 0.3) is 0 Å². The molecule has 0 saturated carbocycles. The van der Waals surface area contributed by atoms with E-state index in [1.807, 2.05) is 19.9 Å². The molecule has 5 heteroatoms. The number of nitrogens with one attached hydrogen (secondary N) is 1. The summed E-state index contributed by atoms with van der Waals surface area (Å²) >= 11 is 0. The fourth-order valence-corrected chi connectivity index (χ4v) is 2.27. The molecule has 2 aromatic rings. The number of methoxy groups -OCH3 is 1. The number of aromatic nitrogens is 2. The Kier molecular flexibility index (Phi) is 4.74. The molecular weight excluding hydrogens is 254 g/mol. The van der Waals surface area contributed by atoms with Crippen molar-refractivity contribution in [3.05, 3.63) is 41.2 Å². The van der Waals surface area contributed by atoms with E-state index >= 15 is 0 Å². The van der Waals surface area contributed by atoms with Gasteiger partial charge in [-0.05, 0) is 32.9 Å². The van der Waals surface area contributed by atoms with Crippen molar-refractivity contribution in [2.45, 2.75) is 33.2 Å². The molecule has 0 bridgehead atoms. The predicted octanol–water partition coefficient (Wildman–Crippen LogP) is 2.78. The van der Waals surface area contributed by atoms with Gasteiger partial charge < -0.3 is 14.5 Å². The number of hydrogen-bond donors (Lipinski definition) is 1. The van der Waals surface area contributed by atoms with E-state index in [9.17, 15) is 0 Å². The van der Waals surface area contributed by atoms with Gasteiger partial charge in [0.25, 0.3) is 0 Å². The maximum atomic E-state index is 5.64. The van der Waals surface area contributed by atoms with Crippen molar-refractivity contribution in [3.63, 3.8) is 0 Å². The number of aryl methyl sites for hydroxylation is 2. The van der Waals surface area contributed by atoms with Crippen molar-refractivity contribution in [2.24, 2.45) is 0 Å². The highest BCUT2D eigenvalue weighted by atomic mass is 16.5. The Labute approximate surface area is 119 Å². The lowest BCUT2D eigenvalue weighted by Crippen LogP contribution is -2.25. The number of rotatable bonds is 6. The van der Waals surface area contributed by atoms with Gasteiger partial charge in [-0.15, -0.1) is 0 Å². The molecule has 0 saturated heterocycles. The van der Waals surface area contributed by atoms with Crippen LogP contribution >= 0.6 is 0 Å². The van der Waals surface area contributed by atoms with Crippen LogP contribution in [0.3, 0.4) is 0 Å². The van der Waals surface area contributed by atoms with E-state index in [1.165, 1.54) is 0 Å². The Morgan fingerprint density at radius 1 is 1.30 bits per heavy atom. The van der Waals surface area contributed by atoms with Crippen molar-refractivity contribution in [2.75, 3.05) is 13.7 Å². The maximum absolute atomic E-state index is 5.64. The quantitative estimate of drug-likeness (QED) is 0.878. The first-order valence-corrected chi connectivity index (χ1v) is 6.82. The molecule has 0 aliphatic heterocycles. The molecule has 5 nitrogen and oxygen atoms in total. The second kappa shape index (κ2) is 6.52. The molecule has 2 aromatic heterocycles. The van der Waals surface area contributed by atoms with E-state index in [1.54, 1.807) is 19.5 Å². The summed E-state index contributed by atoms with van der Waals surface area (Å²) < 4.78 is 11.0. The Morgan fingerprint density at radius 2 is 2.05 bits per heavy atom. The van der Waals surface area contributed by atoms with Gasteiger partial charge in [-0.3, -0.25) is 4.98 Å². The Bertz CT molecular complexity index is 566. The number of nitrogens with zero attached hydrogens (tertiary/aromatic N) is 2. The molecular formula is C15H21N3O2. The van der Waals surface area contributed by atoms with Crippen molar-refractivity contribution in [1.29, 1.82) is 0 Å². The molecule has 0 amide bonds. The highest BCUT2D eigenvalue weighted by Crippen LogP contribution is 2.30. The second-order valence-corrected chi connectivity index (χ2v) is 4.71. The highest BCUT2D eigenvalue weighted by Gasteiger charge is 2.23. The monoisotopic (exact) mass is 275 g/mol. The summed E-state index contributed by atoms with van der Waals surface area (Å²) in [5.41, 5.74) is 1.86. The Hall–Kier alpha value is -1.88. The van der Waals surface area contributed by atoms with E-state index in [0.29, 0.717) is 5.88 Å². The summed E-state index contributed by atoms with van der Waals surface area (Å²) in [5, 5.41) is 3.49. The van der Waals surface area contributed by atoms with E-state index in [2.05, 4.69) is 22.2 Å². The van der Waals surface area contributed by atoms with Crippen LogP contribution in [-0.4, -0.2) is 23.6 Å². The SMILES string of the molecule is CCCNC(c1cc(C)oc1C)c1nccnc1OC. The summed E-state index contributed by atoms with van der Waals surface area (Å²) in [6.45, 7) is 6.92. The summed E-state index contributed by atoms with van der Waals surface area (Å²) in [4.78, 5) is 8.67. The molecule has 1 N–H and O–H groups in total. The minimum Gasteiger partial charge on any atom is -0.480 e. The minimum absolute atomic E-state index is 0.0731. The fourth-order valence-electron chi connectivity index (χ4n) is 2.27. The predicted molar refractivity (Wildman–Crippen MR) is 76.9 cm³/mol. The lowest BCUT2D eigenvalue weighted by atomic mass is 10.0. The molecule has 2 heterocycles. The van der Waals surface area contributed by atoms with Crippen LogP contribution in [0.4, 0.5) is 0 Å². The first-order chi connectivity index (χ1) is 9.67. The topological polar surface area (TPSA) is 60.2 Å². The molecule has 0 spiro atoms. The average Bonchev–Trinajstić information content (AvgIpc) is 2.79. The third-order valence-electron chi connectivity index (χ3n) is 3.15. The molecule has 1 atom stereocenters. The third-order valence-corrected chi connectivity index (χ3v) is 3.15. The van der Waals surface area contributed by atoms with Crippen LogP contribution in [0, 0.1) is 13.8 Å². The van der Waals surface area contributed by atoms with Crippen molar-refractivity contribution in [1.82, 2.24) is 15.3 Å². The lowest BCUT2D eigenvalue weighted by Gasteiger charge is -2.19. The van der Waals surface area contributed by atoms with Crippen LogP contribution < -0.4 is 10.1 Å². The molecule has 2 rings (SSSR count). The van der Waals surface area contributed by atoms with Crippen LogP contribution in [-0.2, 0) is 0 Å². The van der Waals surface area contributed by atoms with Gasteiger partial charge in [0, 0.05) is 18.0 Å². The smallest absolute Gasteiger partial charge is 0.237 e. The lowest BCUT2D eigenvalue weighted by molar-refractivity contribution is 0.382. The molecule has 0 aliphatic carbocycles. The molecule has 0 fully saturated rings. The van der Waals surface area contributed by atoms with Gasteiger partial charge in [-0.1, -0.05) is 6.92 Å². The molecule has 108 valence electrons. The summed E-state index contributed by atoms with van der Waals surface area (Å²) in [6.07, 6.45) is 4.35. The molecule has 0 radical (unpaired) electrons. The summed E-state index contributed by atoms with van der Waals surface area (Å²) in [6, 6.07) is 1.97. The second-order valence-electron chi connectivity index (χ2n) is 4.71. The van der Waals surface area contributed by atoms with E-state index < -0.39 is 0 Å². The van der Waals surface area contributed by atoms with Gasteiger partial charge in [0.15, 0.2) is 0 Å². The average molecular weight is 275 g/mol. The zero-order valence-electron chi connectivity index (χ0n) is 12.4. The van der Waals surface area contributed by atoms with E-state index in [0.717, 1.165) is 35.7 Å². The Morgan fingerprint density at radius 3 is 2.65 bits per heavy atom. The van der Waals surface area contributed by atoms with Crippen LogP contribution in [0.2, 0.25) is 0 Å². The molecule has 1 unspecified atom stereocenters. The molecule has 0 aliphatic rings. The standard InChI is InChI=1S/C15H21N3O2/c1-5-6-16-13(12-9-10(2)20-11(12)3)14-15(19-4)18-8-7-17-14/h7-9,13,16H,5-6H2,1-4H3. The van der Waals surface area contributed by atoms with Crippen molar-refractivity contribution < 1.29 is 9.15 Å². The normalized spacial score (nSPS) is 12.4. The van der Waals surface area contributed by atoms with Gasteiger partial charge in [-0.2, -0.15) is 0 Å².